The monoisotopic (exact) mass is 193 g/mol. The molecule has 5 heteroatoms. The summed E-state index contributed by atoms with van der Waals surface area (Å²) in [5.41, 5.74) is -0.889. The molecule has 0 aromatic carbocycles. The first-order chi connectivity index (χ1) is 5.56. The van der Waals surface area contributed by atoms with Gasteiger partial charge in [-0.1, -0.05) is 0 Å². The highest BCUT2D eigenvalue weighted by Gasteiger charge is 2.30. The van der Waals surface area contributed by atoms with Crippen molar-refractivity contribution >= 4 is 17.7 Å². The van der Waals surface area contributed by atoms with Gasteiger partial charge in [0, 0.05) is 11.5 Å². The van der Waals surface area contributed by atoms with Crippen molar-refractivity contribution in [1.82, 2.24) is 5.32 Å². The van der Waals surface area contributed by atoms with Crippen LogP contribution in [0.3, 0.4) is 0 Å². The van der Waals surface area contributed by atoms with E-state index in [0.29, 0.717) is 11.5 Å². The van der Waals surface area contributed by atoms with Crippen LogP contribution in [-0.4, -0.2) is 46.9 Å². The Morgan fingerprint density at radius 1 is 1.67 bits per heavy atom. The molecular formula is C7H15NO3S. The molecule has 4 nitrogen and oxygen atoms in total. The van der Waals surface area contributed by atoms with Crippen molar-refractivity contribution in [2.75, 3.05) is 25.2 Å². The van der Waals surface area contributed by atoms with E-state index in [-0.39, 0.29) is 6.61 Å². The molecule has 0 aliphatic rings. The Morgan fingerprint density at radius 2 is 2.25 bits per heavy atom. The number of carbonyl (C=O) groups is 1. The summed E-state index contributed by atoms with van der Waals surface area (Å²) in [6.07, 6.45) is 0. The maximum Gasteiger partial charge on any atom is 0.324 e. The Morgan fingerprint density at radius 3 is 2.58 bits per heavy atom. The average Bonchev–Trinajstić information content (AvgIpc) is 2.04. The molecule has 0 aromatic heterocycles. The molecule has 3 N–H and O–H groups in total. The molecule has 0 aliphatic carbocycles. The molecule has 0 heterocycles. The van der Waals surface area contributed by atoms with E-state index in [9.17, 15) is 4.79 Å². The lowest BCUT2D eigenvalue weighted by Crippen LogP contribution is -2.49. The van der Waals surface area contributed by atoms with Gasteiger partial charge in [-0.3, -0.25) is 4.79 Å². The van der Waals surface area contributed by atoms with Crippen LogP contribution in [0.1, 0.15) is 6.92 Å². The van der Waals surface area contributed by atoms with Crippen LogP contribution in [-0.2, 0) is 4.79 Å². The number of aliphatic hydroxyl groups excluding tert-OH is 1. The largest absolute Gasteiger partial charge is 0.480 e. The van der Waals surface area contributed by atoms with Gasteiger partial charge in [0.2, 0.25) is 0 Å². The number of aliphatic carboxylic acids is 1. The summed E-state index contributed by atoms with van der Waals surface area (Å²) in [4.78, 5) is 10.7. The van der Waals surface area contributed by atoms with Crippen molar-refractivity contribution in [2.45, 2.75) is 12.5 Å². The van der Waals surface area contributed by atoms with Crippen molar-refractivity contribution in [3.63, 3.8) is 0 Å². The summed E-state index contributed by atoms with van der Waals surface area (Å²) in [5, 5.41) is 20.0. The zero-order valence-electron chi connectivity index (χ0n) is 7.33. The van der Waals surface area contributed by atoms with E-state index in [0.717, 1.165) is 0 Å². The topological polar surface area (TPSA) is 69.6 Å². The van der Waals surface area contributed by atoms with Crippen molar-refractivity contribution in [3.8, 4) is 0 Å². The summed E-state index contributed by atoms with van der Waals surface area (Å²) in [7, 11) is 1.62. The fraction of sp³-hybridized carbons (Fsp3) is 0.857. The number of hydrogen-bond acceptors (Lipinski definition) is 4. The van der Waals surface area contributed by atoms with Gasteiger partial charge in [-0.25, -0.2) is 0 Å². The van der Waals surface area contributed by atoms with E-state index in [1.165, 1.54) is 11.8 Å². The number of hydrogen-bond donors (Lipinski definition) is 3. The van der Waals surface area contributed by atoms with E-state index in [1.54, 1.807) is 14.0 Å². The fourth-order valence-electron chi connectivity index (χ4n) is 0.582. The van der Waals surface area contributed by atoms with Crippen LogP contribution in [0.4, 0.5) is 0 Å². The highest BCUT2D eigenvalue weighted by molar-refractivity contribution is 7.99. The highest BCUT2D eigenvalue weighted by Crippen LogP contribution is 2.12. The van der Waals surface area contributed by atoms with Crippen molar-refractivity contribution in [1.29, 1.82) is 0 Å². The highest BCUT2D eigenvalue weighted by atomic mass is 32.2. The smallest absolute Gasteiger partial charge is 0.324 e. The summed E-state index contributed by atoms with van der Waals surface area (Å²) in [6.45, 7) is 1.71. The Balaban J connectivity index is 3.88. The third kappa shape index (κ3) is 3.42. The molecule has 0 amide bonds. The second kappa shape index (κ2) is 5.40. The molecule has 1 atom stereocenters. The van der Waals surface area contributed by atoms with Crippen LogP contribution in [0.25, 0.3) is 0 Å². The minimum atomic E-state index is -0.889. The third-order valence-electron chi connectivity index (χ3n) is 1.65. The van der Waals surface area contributed by atoms with Gasteiger partial charge in [0.1, 0.15) is 5.54 Å². The minimum absolute atomic E-state index is 0.0874. The van der Waals surface area contributed by atoms with Crippen molar-refractivity contribution < 1.29 is 15.0 Å². The predicted octanol–water partition coefficient (Wildman–Crippen LogP) is -0.225. The molecule has 1 unspecified atom stereocenters. The number of carboxylic acid groups (broad SMARTS) is 1. The van der Waals surface area contributed by atoms with Gasteiger partial charge >= 0.3 is 5.97 Å². The molecular weight excluding hydrogens is 178 g/mol. The number of likely N-dealkylation sites (N-methyl/N-ethyl adjacent to an activating group) is 1. The molecule has 0 aliphatic heterocycles. The van der Waals surface area contributed by atoms with Gasteiger partial charge in [-0.15, -0.1) is 0 Å². The Labute approximate surface area is 76.4 Å². The summed E-state index contributed by atoms with van der Waals surface area (Å²) in [5.74, 6) is 0.166. The van der Waals surface area contributed by atoms with E-state index in [2.05, 4.69) is 5.32 Å². The zero-order valence-corrected chi connectivity index (χ0v) is 8.15. The SMILES string of the molecule is CNC(C)(CSCCO)C(=O)O. The van der Waals surface area contributed by atoms with E-state index in [4.69, 9.17) is 10.2 Å². The van der Waals surface area contributed by atoms with E-state index < -0.39 is 11.5 Å². The number of rotatable bonds is 6. The number of thioether (sulfide) groups is 1. The second-order valence-corrected chi connectivity index (χ2v) is 3.77. The molecule has 0 spiro atoms. The molecule has 0 aromatic rings. The lowest BCUT2D eigenvalue weighted by atomic mass is 10.1. The summed E-state index contributed by atoms with van der Waals surface area (Å²) in [6, 6.07) is 0. The van der Waals surface area contributed by atoms with E-state index >= 15 is 0 Å². The van der Waals surface area contributed by atoms with Gasteiger partial charge < -0.3 is 15.5 Å². The van der Waals surface area contributed by atoms with Gasteiger partial charge in [0.15, 0.2) is 0 Å². The first-order valence-electron chi connectivity index (χ1n) is 3.67. The zero-order chi connectivity index (χ0) is 9.61. The van der Waals surface area contributed by atoms with Gasteiger partial charge in [-0.2, -0.15) is 11.8 Å². The Kier molecular flexibility index (Phi) is 5.28. The van der Waals surface area contributed by atoms with Gasteiger partial charge in [0.05, 0.1) is 6.61 Å². The van der Waals surface area contributed by atoms with Crippen LogP contribution in [0.15, 0.2) is 0 Å². The molecule has 72 valence electrons. The van der Waals surface area contributed by atoms with Gasteiger partial charge in [-0.05, 0) is 14.0 Å². The maximum atomic E-state index is 10.7. The van der Waals surface area contributed by atoms with Crippen molar-refractivity contribution in [2.24, 2.45) is 0 Å². The molecule has 0 rings (SSSR count). The van der Waals surface area contributed by atoms with Crippen LogP contribution >= 0.6 is 11.8 Å². The normalized spacial score (nSPS) is 15.6. The lowest BCUT2D eigenvalue weighted by molar-refractivity contribution is -0.142. The van der Waals surface area contributed by atoms with Crippen LogP contribution in [0.5, 0.6) is 0 Å². The molecule has 0 radical (unpaired) electrons. The maximum absolute atomic E-state index is 10.7. The number of nitrogens with one attached hydrogen (secondary N) is 1. The van der Waals surface area contributed by atoms with Crippen molar-refractivity contribution in [3.05, 3.63) is 0 Å². The first kappa shape index (κ1) is 11.7. The van der Waals surface area contributed by atoms with Gasteiger partial charge in [0.25, 0.3) is 0 Å². The molecule has 0 saturated carbocycles. The molecule has 0 saturated heterocycles. The Bertz CT molecular complexity index is 154. The second-order valence-electron chi connectivity index (χ2n) is 2.66. The van der Waals surface area contributed by atoms with Crippen LogP contribution in [0.2, 0.25) is 0 Å². The van der Waals surface area contributed by atoms with E-state index in [1.807, 2.05) is 0 Å². The first-order valence-corrected chi connectivity index (χ1v) is 4.83. The predicted molar refractivity (Wildman–Crippen MR) is 49.5 cm³/mol. The summed E-state index contributed by atoms with van der Waals surface area (Å²) >= 11 is 1.42. The van der Waals surface area contributed by atoms with Crippen LogP contribution < -0.4 is 5.32 Å². The molecule has 12 heavy (non-hydrogen) atoms. The number of aliphatic hydroxyl groups is 1. The standard InChI is InChI=1S/C7H15NO3S/c1-7(8-2,6(10)11)5-12-4-3-9/h8-9H,3-5H2,1-2H3,(H,10,11). The average molecular weight is 193 g/mol. The Hall–Kier alpha value is -0.260. The quantitative estimate of drug-likeness (QED) is 0.509. The minimum Gasteiger partial charge on any atom is -0.480 e. The molecule has 0 fully saturated rings. The fourth-order valence-corrected chi connectivity index (χ4v) is 1.53. The summed E-state index contributed by atoms with van der Waals surface area (Å²) < 4.78 is 0. The van der Waals surface area contributed by atoms with Crippen LogP contribution in [0, 0.1) is 0 Å². The lowest BCUT2D eigenvalue weighted by Gasteiger charge is -2.23. The molecule has 0 bridgehead atoms. The number of carboxylic acids is 1. The third-order valence-corrected chi connectivity index (χ3v) is 2.90.